The highest BCUT2D eigenvalue weighted by atomic mass is 19.1. The van der Waals surface area contributed by atoms with Gasteiger partial charge in [-0.3, -0.25) is 0 Å². The van der Waals surface area contributed by atoms with Crippen molar-refractivity contribution in [3.8, 4) is 11.3 Å². The van der Waals surface area contributed by atoms with Crippen molar-refractivity contribution in [1.29, 1.82) is 0 Å². The van der Waals surface area contributed by atoms with Crippen LogP contribution in [0.2, 0.25) is 0 Å². The van der Waals surface area contributed by atoms with Crippen LogP contribution in [0.5, 0.6) is 0 Å². The third kappa shape index (κ3) is 3.47. The average molecular weight is 339 g/mol. The maximum Gasteiger partial charge on any atom is 0.223 e. The summed E-state index contributed by atoms with van der Waals surface area (Å²) in [5, 5.41) is 14.9. The molecule has 0 bridgehead atoms. The van der Waals surface area contributed by atoms with E-state index in [-0.39, 0.29) is 5.82 Å². The predicted octanol–water partition coefficient (Wildman–Crippen LogP) is 2.60. The van der Waals surface area contributed by atoms with E-state index >= 15 is 0 Å². The molecule has 0 aliphatic heterocycles. The maximum atomic E-state index is 14.1. The SMILES string of the molecule is Cc1cnc(NCc2nnnn2CC2CC2)nc1-c1ccccc1F. The zero-order valence-electron chi connectivity index (χ0n) is 13.9. The minimum Gasteiger partial charge on any atom is -0.347 e. The first-order valence-electron chi connectivity index (χ1n) is 8.28. The lowest BCUT2D eigenvalue weighted by molar-refractivity contribution is 0.526. The summed E-state index contributed by atoms with van der Waals surface area (Å²) in [6.07, 6.45) is 4.16. The summed E-state index contributed by atoms with van der Waals surface area (Å²) in [5.41, 5.74) is 1.85. The number of anilines is 1. The third-order valence-corrected chi connectivity index (χ3v) is 4.24. The topological polar surface area (TPSA) is 81.4 Å². The van der Waals surface area contributed by atoms with Crippen LogP contribution in [-0.4, -0.2) is 30.2 Å². The maximum absolute atomic E-state index is 14.1. The molecule has 8 heteroatoms. The molecule has 1 aromatic carbocycles. The number of rotatable bonds is 6. The van der Waals surface area contributed by atoms with Gasteiger partial charge in [-0.2, -0.15) is 0 Å². The van der Waals surface area contributed by atoms with Crippen molar-refractivity contribution in [2.45, 2.75) is 32.9 Å². The number of halogens is 1. The van der Waals surface area contributed by atoms with E-state index in [1.54, 1.807) is 24.4 Å². The van der Waals surface area contributed by atoms with Crippen LogP contribution < -0.4 is 5.32 Å². The fourth-order valence-electron chi connectivity index (χ4n) is 2.65. The first-order chi connectivity index (χ1) is 12.2. The summed E-state index contributed by atoms with van der Waals surface area (Å²) in [7, 11) is 0. The van der Waals surface area contributed by atoms with Gasteiger partial charge in [0.05, 0.1) is 12.2 Å². The van der Waals surface area contributed by atoms with Crippen LogP contribution in [0, 0.1) is 18.7 Å². The highest BCUT2D eigenvalue weighted by molar-refractivity contribution is 5.64. The molecule has 0 saturated heterocycles. The first-order valence-corrected chi connectivity index (χ1v) is 8.28. The lowest BCUT2D eigenvalue weighted by Gasteiger charge is -2.10. The van der Waals surface area contributed by atoms with E-state index in [0.717, 1.165) is 17.9 Å². The van der Waals surface area contributed by atoms with Crippen molar-refractivity contribution < 1.29 is 4.39 Å². The van der Waals surface area contributed by atoms with Crippen molar-refractivity contribution in [2.24, 2.45) is 5.92 Å². The van der Waals surface area contributed by atoms with Crippen LogP contribution >= 0.6 is 0 Å². The van der Waals surface area contributed by atoms with E-state index < -0.39 is 0 Å². The molecule has 1 saturated carbocycles. The second-order valence-electron chi connectivity index (χ2n) is 6.28. The predicted molar refractivity (Wildman–Crippen MR) is 90.0 cm³/mol. The van der Waals surface area contributed by atoms with Crippen molar-refractivity contribution in [3.05, 3.63) is 47.7 Å². The van der Waals surface area contributed by atoms with Gasteiger partial charge >= 0.3 is 0 Å². The lowest BCUT2D eigenvalue weighted by atomic mass is 10.1. The molecule has 25 heavy (non-hydrogen) atoms. The van der Waals surface area contributed by atoms with Crippen molar-refractivity contribution in [3.63, 3.8) is 0 Å². The molecule has 4 rings (SSSR count). The molecule has 2 heterocycles. The molecule has 1 fully saturated rings. The van der Waals surface area contributed by atoms with Crippen LogP contribution in [0.25, 0.3) is 11.3 Å². The molecule has 1 aliphatic rings. The molecule has 7 nitrogen and oxygen atoms in total. The molecule has 128 valence electrons. The summed E-state index contributed by atoms with van der Waals surface area (Å²) in [6, 6.07) is 6.59. The number of tetrazole rings is 1. The van der Waals surface area contributed by atoms with E-state index in [0.29, 0.717) is 29.7 Å². The number of benzene rings is 1. The second-order valence-corrected chi connectivity index (χ2v) is 6.28. The Balaban J connectivity index is 1.53. The molecule has 0 amide bonds. The summed E-state index contributed by atoms with van der Waals surface area (Å²) in [6.45, 7) is 3.13. The van der Waals surface area contributed by atoms with Crippen LogP contribution in [0.3, 0.4) is 0 Å². The highest BCUT2D eigenvalue weighted by Gasteiger charge is 2.23. The Morgan fingerprint density at radius 2 is 2.12 bits per heavy atom. The molecule has 1 aliphatic carbocycles. The Bertz CT molecular complexity index is 888. The molecule has 1 N–H and O–H groups in total. The zero-order valence-corrected chi connectivity index (χ0v) is 13.9. The Hall–Kier alpha value is -2.90. The average Bonchev–Trinajstić information content (AvgIpc) is 3.32. The van der Waals surface area contributed by atoms with Crippen LogP contribution in [0.1, 0.15) is 24.2 Å². The molecule has 0 spiro atoms. The summed E-state index contributed by atoms with van der Waals surface area (Å²) in [5.74, 6) is 1.54. The third-order valence-electron chi connectivity index (χ3n) is 4.24. The Kier molecular flexibility index (Phi) is 4.09. The van der Waals surface area contributed by atoms with Crippen LogP contribution in [0.4, 0.5) is 10.3 Å². The molecule has 2 aromatic heterocycles. The highest BCUT2D eigenvalue weighted by Crippen LogP contribution is 2.30. The summed E-state index contributed by atoms with van der Waals surface area (Å²) in [4.78, 5) is 8.74. The number of hydrogen-bond acceptors (Lipinski definition) is 6. The summed E-state index contributed by atoms with van der Waals surface area (Å²) >= 11 is 0. The number of nitrogens with zero attached hydrogens (tertiary/aromatic N) is 6. The Morgan fingerprint density at radius 1 is 1.28 bits per heavy atom. The normalized spacial score (nSPS) is 13.8. The van der Waals surface area contributed by atoms with E-state index in [1.165, 1.54) is 18.9 Å². The fourth-order valence-corrected chi connectivity index (χ4v) is 2.65. The van der Waals surface area contributed by atoms with E-state index in [2.05, 4.69) is 30.8 Å². The minimum atomic E-state index is -0.302. The molecule has 0 unspecified atom stereocenters. The van der Waals surface area contributed by atoms with Crippen LogP contribution in [-0.2, 0) is 13.1 Å². The number of aryl methyl sites for hydroxylation is 1. The monoisotopic (exact) mass is 339 g/mol. The van der Waals surface area contributed by atoms with Gasteiger partial charge in [0.2, 0.25) is 5.95 Å². The molecule has 0 radical (unpaired) electrons. The van der Waals surface area contributed by atoms with Gasteiger partial charge < -0.3 is 5.32 Å². The van der Waals surface area contributed by atoms with Gasteiger partial charge in [0.15, 0.2) is 5.82 Å². The van der Waals surface area contributed by atoms with Gasteiger partial charge in [0, 0.05) is 18.3 Å². The Labute approximate surface area is 144 Å². The second kappa shape index (κ2) is 6.54. The van der Waals surface area contributed by atoms with E-state index in [4.69, 9.17) is 0 Å². The smallest absolute Gasteiger partial charge is 0.223 e. The number of aromatic nitrogens is 6. The van der Waals surface area contributed by atoms with Gasteiger partial charge in [-0.1, -0.05) is 12.1 Å². The van der Waals surface area contributed by atoms with Gasteiger partial charge in [-0.05, 0) is 53.8 Å². The standard InChI is InChI=1S/C17H18FN7/c1-11-8-19-17(21-16(11)13-4-2-3-5-14(13)18)20-9-15-22-23-24-25(15)10-12-6-7-12/h2-5,8,12H,6-7,9-10H2,1H3,(H,19,20,21). The molecular formula is C17H18FN7. The quantitative estimate of drug-likeness (QED) is 0.743. The number of hydrogen-bond donors (Lipinski definition) is 1. The molecular weight excluding hydrogens is 321 g/mol. The lowest BCUT2D eigenvalue weighted by Crippen LogP contribution is -2.13. The largest absolute Gasteiger partial charge is 0.347 e. The number of nitrogens with one attached hydrogen (secondary N) is 1. The summed E-state index contributed by atoms with van der Waals surface area (Å²) < 4.78 is 15.9. The van der Waals surface area contributed by atoms with E-state index in [9.17, 15) is 4.39 Å². The van der Waals surface area contributed by atoms with Gasteiger partial charge in [0.25, 0.3) is 0 Å². The minimum absolute atomic E-state index is 0.302. The Morgan fingerprint density at radius 3 is 2.92 bits per heavy atom. The first kappa shape index (κ1) is 15.6. The van der Waals surface area contributed by atoms with E-state index in [1.807, 2.05) is 11.6 Å². The van der Waals surface area contributed by atoms with Crippen LogP contribution in [0.15, 0.2) is 30.5 Å². The fraction of sp³-hybridized carbons (Fsp3) is 0.353. The van der Waals surface area contributed by atoms with Gasteiger partial charge in [-0.25, -0.2) is 19.0 Å². The van der Waals surface area contributed by atoms with Crippen molar-refractivity contribution in [1.82, 2.24) is 30.2 Å². The van der Waals surface area contributed by atoms with Crippen molar-refractivity contribution in [2.75, 3.05) is 5.32 Å². The molecule has 3 aromatic rings. The zero-order chi connectivity index (χ0) is 17.2. The van der Waals surface area contributed by atoms with Gasteiger partial charge in [-0.15, -0.1) is 5.10 Å². The van der Waals surface area contributed by atoms with Gasteiger partial charge in [0.1, 0.15) is 5.82 Å². The van der Waals surface area contributed by atoms with Crippen molar-refractivity contribution >= 4 is 5.95 Å². The molecule has 0 atom stereocenters.